The molecule has 0 aliphatic heterocycles. The van der Waals surface area contributed by atoms with Gasteiger partial charge in [0.2, 0.25) is 0 Å². The average molecular weight is 489 g/mol. The summed E-state index contributed by atoms with van der Waals surface area (Å²) in [5.41, 5.74) is 9.92. The van der Waals surface area contributed by atoms with Crippen LogP contribution in [-0.4, -0.2) is 9.97 Å². The van der Waals surface area contributed by atoms with E-state index < -0.39 is 0 Å². The highest BCUT2D eigenvalue weighted by Gasteiger charge is 2.14. The molecule has 0 radical (unpaired) electrons. The van der Waals surface area contributed by atoms with Gasteiger partial charge < -0.3 is 0 Å². The van der Waals surface area contributed by atoms with E-state index in [0.717, 1.165) is 55.9 Å². The van der Waals surface area contributed by atoms with E-state index in [2.05, 4.69) is 86.5 Å². The molecule has 1 heterocycles. The second kappa shape index (κ2) is 11.3. The standard InChI is InChI=1S/C36H28N2/c1-4-6-15-26(3)35-27(5-2)20-14-23-32(35)30-21-13-22-31(24-30)36-37-33(28-16-9-7-10-17-28)25-34(38-36)29-18-11-8-12-19-29/h4-25H,1-3H2. The molecule has 182 valence electrons. The molecule has 38 heavy (non-hydrogen) atoms. The molecule has 0 saturated heterocycles. The van der Waals surface area contributed by atoms with Gasteiger partial charge in [0.1, 0.15) is 0 Å². The van der Waals surface area contributed by atoms with E-state index >= 15 is 0 Å². The Morgan fingerprint density at radius 2 is 1.18 bits per heavy atom. The zero-order valence-electron chi connectivity index (χ0n) is 21.2. The van der Waals surface area contributed by atoms with Crippen LogP contribution in [0.2, 0.25) is 0 Å². The molecule has 0 unspecified atom stereocenters. The molecule has 5 aromatic rings. The first-order valence-electron chi connectivity index (χ1n) is 12.5. The van der Waals surface area contributed by atoms with Gasteiger partial charge in [0, 0.05) is 16.7 Å². The smallest absolute Gasteiger partial charge is 0.160 e. The Morgan fingerprint density at radius 3 is 1.79 bits per heavy atom. The molecule has 0 saturated carbocycles. The maximum absolute atomic E-state index is 5.00. The molecule has 5 rings (SSSR count). The number of hydrogen-bond donors (Lipinski definition) is 0. The number of aromatic nitrogens is 2. The van der Waals surface area contributed by atoms with Crippen LogP contribution < -0.4 is 0 Å². The Balaban J connectivity index is 1.67. The first-order valence-corrected chi connectivity index (χ1v) is 12.5. The van der Waals surface area contributed by atoms with Crippen molar-refractivity contribution in [3.05, 3.63) is 158 Å². The van der Waals surface area contributed by atoms with Gasteiger partial charge in [-0.2, -0.15) is 0 Å². The minimum absolute atomic E-state index is 0.680. The molecule has 0 spiro atoms. The summed E-state index contributed by atoms with van der Waals surface area (Å²) in [6.45, 7) is 12.1. The van der Waals surface area contributed by atoms with Gasteiger partial charge >= 0.3 is 0 Å². The molecule has 0 fully saturated rings. The first kappa shape index (κ1) is 24.6. The van der Waals surface area contributed by atoms with Crippen molar-refractivity contribution in [1.29, 1.82) is 0 Å². The largest absolute Gasteiger partial charge is 0.228 e. The highest BCUT2D eigenvalue weighted by molar-refractivity contribution is 5.90. The fourth-order valence-electron chi connectivity index (χ4n) is 4.52. The monoisotopic (exact) mass is 488 g/mol. The Kier molecular flexibility index (Phi) is 7.33. The SMILES string of the molecule is C=CC=CC(=C)c1c(C=C)cccc1-c1cccc(-c2nc(-c3ccccc3)cc(-c3ccccc3)n2)c1. The van der Waals surface area contributed by atoms with Gasteiger partial charge in [0.15, 0.2) is 5.82 Å². The Bertz CT molecular complexity index is 1590. The summed E-state index contributed by atoms with van der Waals surface area (Å²) < 4.78 is 0. The van der Waals surface area contributed by atoms with Crippen LogP contribution in [0.1, 0.15) is 11.1 Å². The normalized spacial score (nSPS) is 10.8. The number of allylic oxidation sites excluding steroid dienone is 4. The molecule has 0 bridgehead atoms. The summed E-state index contributed by atoms with van der Waals surface area (Å²) in [7, 11) is 0. The molecular weight excluding hydrogens is 460 g/mol. The van der Waals surface area contributed by atoms with Crippen LogP contribution in [0.25, 0.3) is 56.7 Å². The third-order valence-electron chi connectivity index (χ3n) is 6.37. The molecule has 2 heteroatoms. The summed E-state index contributed by atoms with van der Waals surface area (Å²) in [6, 6.07) is 37.1. The molecule has 0 atom stereocenters. The van der Waals surface area contributed by atoms with Gasteiger partial charge in [-0.15, -0.1) is 0 Å². The van der Waals surface area contributed by atoms with E-state index in [1.165, 1.54) is 0 Å². The average Bonchev–Trinajstić information content (AvgIpc) is 3.00. The van der Waals surface area contributed by atoms with Crippen LogP contribution in [0.3, 0.4) is 0 Å². The van der Waals surface area contributed by atoms with E-state index in [-0.39, 0.29) is 0 Å². The molecule has 0 amide bonds. The lowest BCUT2D eigenvalue weighted by Crippen LogP contribution is -1.97. The van der Waals surface area contributed by atoms with Crippen LogP contribution in [0.4, 0.5) is 0 Å². The zero-order chi connectivity index (χ0) is 26.3. The zero-order valence-corrected chi connectivity index (χ0v) is 21.2. The van der Waals surface area contributed by atoms with Crippen molar-refractivity contribution in [3.63, 3.8) is 0 Å². The molecule has 4 aromatic carbocycles. The van der Waals surface area contributed by atoms with Gasteiger partial charge in [-0.25, -0.2) is 9.97 Å². The Morgan fingerprint density at radius 1 is 0.605 bits per heavy atom. The van der Waals surface area contributed by atoms with Gasteiger partial charge in [0.05, 0.1) is 11.4 Å². The summed E-state index contributed by atoms with van der Waals surface area (Å²) in [5.74, 6) is 0.680. The topological polar surface area (TPSA) is 25.8 Å². The lowest BCUT2D eigenvalue weighted by molar-refractivity contribution is 1.18. The fourth-order valence-corrected chi connectivity index (χ4v) is 4.52. The van der Waals surface area contributed by atoms with Crippen molar-refractivity contribution in [3.8, 4) is 45.0 Å². The van der Waals surface area contributed by atoms with Crippen LogP contribution >= 0.6 is 0 Å². The summed E-state index contributed by atoms with van der Waals surface area (Å²) in [6.07, 6.45) is 7.50. The number of nitrogens with zero attached hydrogens (tertiary/aromatic N) is 2. The molecule has 0 N–H and O–H groups in total. The molecule has 0 aliphatic carbocycles. The summed E-state index contributed by atoms with van der Waals surface area (Å²) in [5, 5.41) is 0. The van der Waals surface area contributed by atoms with E-state index in [4.69, 9.17) is 9.97 Å². The van der Waals surface area contributed by atoms with E-state index in [9.17, 15) is 0 Å². The fraction of sp³-hybridized carbons (Fsp3) is 0. The molecule has 2 nitrogen and oxygen atoms in total. The summed E-state index contributed by atoms with van der Waals surface area (Å²) in [4.78, 5) is 10.00. The molecule has 1 aromatic heterocycles. The number of hydrogen-bond acceptors (Lipinski definition) is 2. The van der Waals surface area contributed by atoms with E-state index in [0.29, 0.717) is 5.82 Å². The predicted octanol–water partition coefficient (Wildman–Crippen LogP) is 9.54. The predicted molar refractivity (Wildman–Crippen MR) is 162 cm³/mol. The van der Waals surface area contributed by atoms with Crippen LogP contribution in [0, 0.1) is 0 Å². The van der Waals surface area contributed by atoms with Gasteiger partial charge in [-0.1, -0.05) is 141 Å². The van der Waals surface area contributed by atoms with Crippen molar-refractivity contribution in [2.75, 3.05) is 0 Å². The van der Waals surface area contributed by atoms with Gasteiger partial charge in [-0.3, -0.25) is 0 Å². The highest BCUT2D eigenvalue weighted by atomic mass is 14.9. The highest BCUT2D eigenvalue weighted by Crippen LogP contribution is 2.35. The molecule has 0 aliphatic rings. The quantitative estimate of drug-likeness (QED) is 0.203. The van der Waals surface area contributed by atoms with Crippen molar-refractivity contribution in [1.82, 2.24) is 9.97 Å². The summed E-state index contributed by atoms with van der Waals surface area (Å²) >= 11 is 0. The van der Waals surface area contributed by atoms with Crippen LogP contribution in [0.5, 0.6) is 0 Å². The molecular formula is C36H28N2. The second-order valence-electron chi connectivity index (χ2n) is 8.87. The van der Waals surface area contributed by atoms with Crippen molar-refractivity contribution >= 4 is 11.6 Å². The lowest BCUT2D eigenvalue weighted by Gasteiger charge is -2.15. The third kappa shape index (κ3) is 5.21. The van der Waals surface area contributed by atoms with Gasteiger partial charge in [-0.05, 0) is 40.0 Å². The van der Waals surface area contributed by atoms with Crippen LogP contribution in [-0.2, 0) is 0 Å². The third-order valence-corrected chi connectivity index (χ3v) is 6.37. The van der Waals surface area contributed by atoms with Crippen molar-refractivity contribution in [2.45, 2.75) is 0 Å². The van der Waals surface area contributed by atoms with Crippen molar-refractivity contribution < 1.29 is 0 Å². The van der Waals surface area contributed by atoms with Gasteiger partial charge in [0.25, 0.3) is 0 Å². The maximum Gasteiger partial charge on any atom is 0.160 e. The van der Waals surface area contributed by atoms with Crippen molar-refractivity contribution in [2.24, 2.45) is 0 Å². The number of benzene rings is 4. The minimum Gasteiger partial charge on any atom is -0.228 e. The first-order chi connectivity index (χ1) is 18.7. The van der Waals surface area contributed by atoms with E-state index in [1.807, 2.05) is 60.7 Å². The Labute approximate surface area is 224 Å². The van der Waals surface area contributed by atoms with E-state index in [1.54, 1.807) is 6.08 Å². The maximum atomic E-state index is 5.00. The van der Waals surface area contributed by atoms with Crippen LogP contribution in [0.15, 0.2) is 147 Å². The minimum atomic E-state index is 0.680. The lowest BCUT2D eigenvalue weighted by atomic mass is 9.90. The second-order valence-corrected chi connectivity index (χ2v) is 8.87. The Hall–Kier alpha value is -5.08. The number of rotatable bonds is 8.